The van der Waals surface area contributed by atoms with Crippen molar-refractivity contribution >= 4 is 0 Å². The molecule has 0 aliphatic heterocycles. The molecular formula is C18H25NO2. The molecule has 0 fully saturated rings. The van der Waals surface area contributed by atoms with Crippen molar-refractivity contribution in [3.8, 4) is 5.75 Å². The van der Waals surface area contributed by atoms with E-state index >= 15 is 0 Å². The van der Waals surface area contributed by atoms with Crippen molar-refractivity contribution in [3.05, 3.63) is 53.5 Å². The number of hydrogen-bond donors (Lipinski definition) is 1. The fraction of sp³-hybridized carbons (Fsp3) is 0.444. The lowest BCUT2D eigenvalue weighted by molar-refractivity contribution is 0.237. The van der Waals surface area contributed by atoms with Gasteiger partial charge in [-0.2, -0.15) is 0 Å². The average Bonchev–Trinajstić information content (AvgIpc) is 2.87. The summed E-state index contributed by atoms with van der Waals surface area (Å²) in [4.78, 5) is 0. The van der Waals surface area contributed by atoms with Gasteiger partial charge in [0.25, 0.3) is 0 Å². The first-order valence-corrected chi connectivity index (χ1v) is 7.67. The fourth-order valence-corrected chi connectivity index (χ4v) is 2.34. The molecule has 1 aromatic heterocycles. The van der Waals surface area contributed by atoms with Gasteiger partial charge in [-0.1, -0.05) is 25.1 Å². The lowest BCUT2D eigenvalue weighted by atomic mass is 10.0. The summed E-state index contributed by atoms with van der Waals surface area (Å²) in [6.45, 7) is 9.15. The van der Waals surface area contributed by atoms with Crippen LogP contribution in [0.1, 0.15) is 50.3 Å². The lowest BCUT2D eigenvalue weighted by Gasteiger charge is -2.21. The second-order valence-electron chi connectivity index (χ2n) is 5.54. The van der Waals surface area contributed by atoms with Crippen molar-refractivity contribution in [1.29, 1.82) is 0 Å². The minimum atomic E-state index is 0.0219. The van der Waals surface area contributed by atoms with Gasteiger partial charge in [-0.05, 0) is 51.9 Å². The minimum absolute atomic E-state index is 0.0219. The van der Waals surface area contributed by atoms with Crippen LogP contribution < -0.4 is 10.1 Å². The van der Waals surface area contributed by atoms with Crippen LogP contribution in [0.2, 0.25) is 0 Å². The molecule has 114 valence electrons. The molecule has 1 atom stereocenters. The molecule has 1 aromatic carbocycles. The first-order valence-electron chi connectivity index (χ1n) is 7.67. The Balaban J connectivity index is 2.36. The standard InChI is InChI=1S/C18H25NO2/c1-5-12-19-18(17-11-10-14(4)21-17)15-8-6-7-9-16(15)20-13(2)3/h6-11,13,18-19H,5,12H2,1-4H3. The molecule has 0 saturated carbocycles. The number of ether oxygens (including phenoxy) is 1. The maximum atomic E-state index is 5.95. The highest BCUT2D eigenvalue weighted by atomic mass is 16.5. The predicted octanol–water partition coefficient (Wildman–Crippen LogP) is 4.46. The van der Waals surface area contributed by atoms with Crippen molar-refractivity contribution in [2.45, 2.75) is 46.3 Å². The van der Waals surface area contributed by atoms with E-state index in [0.717, 1.165) is 35.8 Å². The van der Waals surface area contributed by atoms with Crippen LogP contribution >= 0.6 is 0 Å². The van der Waals surface area contributed by atoms with Gasteiger partial charge in [-0.15, -0.1) is 0 Å². The molecule has 0 radical (unpaired) electrons. The van der Waals surface area contributed by atoms with Crippen LogP contribution in [-0.2, 0) is 0 Å². The van der Waals surface area contributed by atoms with Gasteiger partial charge in [-0.3, -0.25) is 0 Å². The van der Waals surface area contributed by atoms with Gasteiger partial charge in [0.05, 0.1) is 12.1 Å². The summed E-state index contributed by atoms with van der Waals surface area (Å²) >= 11 is 0. The third-order valence-corrected chi connectivity index (χ3v) is 3.24. The molecule has 1 N–H and O–H groups in total. The van der Waals surface area contributed by atoms with Crippen LogP contribution in [0.5, 0.6) is 5.75 Å². The van der Waals surface area contributed by atoms with Crippen molar-refractivity contribution < 1.29 is 9.15 Å². The number of rotatable bonds is 7. The zero-order valence-electron chi connectivity index (χ0n) is 13.3. The highest BCUT2D eigenvalue weighted by Gasteiger charge is 2.20. The number of aryl methyl sites for hydroxylation is 1. The Morgan fingerprint density at radius 2 is 1.90 bits per heavy atom. The number of furan rings is 1. The van der Waals surface area contributed by atoms with Crippen LogP contribution in [0.3, 0.4) is 0 Å². The second kappa shape index (κ2) is 7.32. The van der Waals surface area contributed by atoms with Crippen molar-refractivity contribution in [2.75, 3.05) is 6.54 Å². The number of nitrogens with one attached hydrogen (secondary N) is 1. The highest BCUT2D eigenvalue weighted by molar-refractivity contribution is 5.39. The Morgan fingerprint density at radius 1 is 1.14 bits per heavy atom. The summed E-state index contributed by atoms with van der Waals surface area (Å²) in [5.41, 5.74) is 1.12. The number of para-hydroxylation sites is 1. The van der Waals surface area contributed by atoms with Gasteiger partial charge < -0.3 is 14.5 Å². The monoisotopic (exact) mass is 287 g/mol. The molecule has 2 rings (SSSR count). The normalized spacial score (nSPS) is 12.6. The summed E-state index contributed by atoms with van der Waals surface area (Å²) in [6.07, 6.45) is 1.22. The van der Waals surface area contributed by atoms with Gasteiger partial charge in [0.15, 0.2) is 0 Å². The molecule has 0 saturated heterocycles. The van der Waals surface area contributed by atoms with E-state index in [2.05, 4.69) is 18.3 Å². The van der Waals surface area contributed by atoms with Gasteiger partial charge >= 0.3 is 0 Å². The van der Waals surface area contributed by atoms with Gasteiger partial charge in [0, 0.05) is 5.56 Å². The SMILES string of the molecule is CCCNC(c1ccc(C)o1)c1ccccc1OC(C)C. The molecule has 3 nitrogen and oxygen atoms in total. The summed E-state index contributed by atoms with van der Waals surface area (Å²) in [6, 6.07) is 12.2. The third kappa shape index (κ3) is 4.11. The molecule has 0 bridgehead atoms. The van der Waals surface area contributed by atoms with E-state index in [1.54, 1.807) is 0 Å². The second-order valence-corrected chi connectivity index (χ2v) is 5.54. The van der Waals surface area contributed by atoms with Crippen molar-refractivity contribution in [2.24, 2.45) is 0 Å². The summed E-state index contributed by atoms with van der Waals surface area (Å²) in [5.74, 6) is 2.77. The first-order chi connectivity index (χ1) is 10.1. The summed E-state index contributed by atoms with van der Waals surface area (Å²) < 4.78 is 11.8. The van der Waals surface area contributed by atoms with Crippen molar-refractivity contribution in [1.82, 2.24) is 5.32 Å². The predicted molar refractivity (Wildman–Crippen MR) is 85.8 cm³/mol. The van der Waals surface area contributed by atoms with E-state index in [0.29, 0.717) is 0 Å². The zero-order chi connectivity index (χ0) is 15.2. The molecular weight excluding hydrogens is 262 g/mol. The largest absolute Gasteiger partial charge is 0.491 e. The van der Waals surface area contributed by atoms with Crippen molar-refractivity contribution in [3.63, 3.8) is 0 Å². The fourth-order valence-electron chi connectivity index (χ4n) is 2.34. The molecule has 0 aliphatic carbocycles. The van der Waals surface area contributed by atoms with Crippen LogP contribution in [-0.4, -0.2) is 12.6 Å². The Labute approximate surface area is 127 Å². The maximum absolute atomic E-state index is 5.95. The summed E-state index contributed by atoms with van der Waals surface area (Å²) in [5, 5.41) is 3.56. The Hall–Kier alpha value is -1.74. The highest BCUT2D eigenvalue weighted by Crippen LogP contribution is 2.31. The van der Waals surface area contributed by atoms with E-state index in [1.807, 2.05) is 51.1 Å². The maximum Gasteiger partial charge on any atom is 0.125 e. The third-order valence-electron chi connectivity index (χ3n) is 3.24. The molecule has 0 spiro atoms. The van der Waals surface area contributed by atoms with E-state index in [9.17, 15) is 0 Å². The Kier molecular flexibility index (Phi) is 5.45. The van der Waals surface area contributed by atoms with Gasteiger partial charge in [0.2, 0.25) is 0 Å². The molecule has 1 heterocycles. The van der Waals surface area contributed by atoms with Crippen LogP contribution in [0.15, 0.2) is 40.8 Å². The summed E-state index contributed by atoms with van der Waals surface area (Å²) in [7, 11) is 0. The molecule has 21 heavy (non-hydrogen) atoms. The van der Waals surface area contributed by atoms with Crippen LogP contribution in [0, 0.1) is 6.92 Å². The molecule has 0 amide bonds. The number of hydrogen-bond acceptors (Lipinski definition) is 3. The number of benzene rings is 1. The topological polar surface area (TPSA) is 34.4 Å². The Bertz CT molecular complexity index is 560. The zero-order valence-corrected chi connectivity index (χ0v) is 13.3. The van der Waals surface area contributed by atoms with Gasteiger partial charge in [0.1, 0.15) is 17.3 Å². The van der Waals surface area contributed by atoms with E-state index in [-0.39, 0.29) is 12.1 Å². The van der Waals surface area contributed by atoms with E-state index in [4.69, 9.17) is 9.15 Å². The smallest absolute Gasteiger partial charge is 0.125 e. The van der Waals surface area contributed by atoms with Gasteiger partial charge in [-0.25, -0.2) is 0 Å². The molecule has 0 aliphatic rings. The average molecular weight is 287 g/mol. The Morgan fingerprint density at radius 3 is 2.52 bits per heavy atom. The molecule has 2 aromatic rings. The quantitative estimate of drug-likeness (QED) is 0.816. The molecule has 1 unspecified atom stereocenters. The first kappa shape index (κ1) is 15.6. The van der Waals surface area contributed by atoms with E-state index in [1.165, 1.54) is 0 Å². The lowest BCUT2D eigenvalue weighted by Crippen LogP contribution is -2.24. The van der Waals surface area contributed by atoms with E-state index < -0.39 is 0 Å². The van der Waals surface area contributed by atoms with Crippen LogP contribution in [0.25, 0.3) is 0 Å². The minimum Gasteiger partial charge on any atom is -0.491 e. The molecule has 3 heteroatoms. The van der Waals surface area contributed by atoms with Crippen LogP contribution in [0.4, 0.5) is 0 Å².